The predicted octanol–water partition coefficient (Wildman–Crippen LogP) is 2.08. The van der Waals surface area contributed by atoms with E-state index in [1.54, 1.807) is 25.1 Å². The molecule has 0 bridgehead atoms. The molecule has 1 rings (SSSR count). The minimum atomic E-state index is -1.09. The Labute approximate surface area is 115 Å². The highest BCUT2D eigenvalue weighted by Gasteiger charge is 2.16. The molecule has 0 aliphatic rings. The molecule has 19 heavy (non-hydrogen) atoms. The molecule has 6 heteroatoms. The van der Waals surface area contributed by atoms with Gasteiger partial charge in [0.1, 0.15) is 5.75 Å². The van der Waals surface area contributed by atoms with Gasteiger partial charge in [-0.25, -0.2) is 4.79 Å². The van der Waals surface area contributed by atoms with Crippen LogP contribution in [-0.4, -0.2) is 23.1 Å². The van der Waals surface area contributed by atoms with Crippen LogP contribution in [0.3, 0.4) is 0 Å². The molecule has 0 aliphatic heterocycles. The van der Waals surface area contributed by atoms with Crippen molar-refractivity contribution in [3.8, 4) is 5.75 Å². The van der Waals surface area contributed by atoms with Crippen LogP contribution in [0.25, 0.3) is 6.08 Å². The third-order valence-corrected chi connectivity index (χ3v) is 2.57. The number of carboxylic acids is 1. The maximum atomic E-state index is 11.1. The van der Waals surface area contributed by atoms with Crippen molar-refractivity contribution in [3.63, 3.8) is 0 Å². The summed E-state index contributed by atoms with van der Waals surface area (Å²) in [5.74, 6) is -1.31. The van der Waals surface area contributed by atoms with E-state index in [9.17, 15) is 9.59 Å². The first kappa shape index (κ1) is 15.0. The van der Waals surface area contributed by atoms with Crippen molar-refractivity contribution in [2.24, 2.45) is 5.73 Å². The van der Waals surface area contributed by atoms with E-state index in [4.69, 9.17) is 27.2 Å². The molecule has 0 heterocycles. The van der Waals surface area contributed by atoms with Gasteiger partial charge in [-0.05, 0) is 30.7 Å². The van der Waals surface area contributed by atoms with Gasteiger partial charge >= 0.3 is 5.97 Å². The lowest BCUT2D eigenvalue weighted by Gasteiger charge is -2.16. The molecule has 0 spiro atoms. The van der Waals surface area contributed by atoms with Crippen molar-refractivity contribution in [1.29, 1.82) is 0 Å². The zero-order valence-corrected chi connectivity index (χ0v) is 11.1. The number of rotatable bonds is 6. The van der Waals surface area contributed by atoms with Crippen molar-refractivity contribution in [2.75, 3.05) is 0 Å². The van der Waals surface area contributed by atoms with Gasteiger partial charge < -0.3 is 15.6 Å². The summed E-state index contributed by atoms with van der Waals surface area (Å²) >= 11 is 5.84. The Morgan fingerprint density at radius 1 is 1.53 bits per heavy atom. The lowest BCUT2D eigenvalue weighted by Crippen LogP contribution is -2.33. The van der Waals surface area contributed by atoms with E-state index in [0.29, 0.717) is 22.8 Å². The number of amides is 1. The van der Waals surface area contributed by atoms with Gasteiger partial charge in [-0.15, -0.1) is 0 Å². The SMILES string of the molecule is CCC(Oc1ccc(Cl)cc1/C=C/C(=O)O)C(N)=O. The first-order valence-electron chi connectivity index (χ1n) is 5.60. The number of hydrogen-bond acceptors (Lipinski definition) is 3. The maximum absolute atomic E-state index is 11.1. The molecule has 102 valence electrons. The van der Waals surface area contributed by atoms with E-state index in [2.05, 4.69) is 0 Å². The Balaban J connectivity index is 3.05. The summed E-state index contributed by atoms with van der Waals surface area (Å²) in [4.78, 5) is 21.7. The summed E-state index contributed by atoms with van der Waals surface area (Å²) in [6.07, 6.45) is 1.96. The molecule has 1 aromatic carbocycles. The standard InChI is InChI=1S/C13H14ClNO4/c1-2-10(13(15)18)19-11-5-4-9(14)7-8(11)3-6-12(16)17/h3-7,10H,2H2,1H3,(H2,15,18)(H,16,17)/b6-3+. The second-order valence-electron chi connectivity index (χ2n) is 3.77. The summed E-state index contributed by atoms with van der Waals surface area (Å²) in [6.45, 7) is 1.76. The van der Waals surface area contributed by atoms with Gasteiger partial charge in [-0.1, -0.05) is 18.5 Å². The molecule has 1 aromatic rings. The summed E-state index contributed by atoms with van der Waals surface area (Å²) < 4.78 is 5.47. The number of aliphatic carboxylic acids is 1. The highest BCUT2D eigenvalue weighted by molar-refractivity contribution is 6.30. The summed E-state index contributed by atoms with van der Waals surface area (Å²) in [6, 6.07) is 4.70. The van der Waals surface area contributed by atoms with Gasteiger partial charge in [-0.2, -0.15) is 0 Å². The van der Waals surface area contributed by atoms with Gasteiger partial charge in [0.25, 0.3) is 5.91 Å². The number of carbonyl (C=O) groups is 2. The van der Waals surface area contributed by atoms with Crippen LogP contribution in [0.4, 0.5) is 0 Å². The quantitative estimate of drug-likeness (QED) is 0.782. The summed E-state index contributed by atoms with van der Waals surface area (Å²) in [7, 11) is 0. The molecule has 0 aromatic heterocycles. The largest absolute Gasteiger partial charge is 0.480 e. The molecule has 1 unspecified atom stereocenters. The topological polar surface area (TPSA) is 89.6 Å². The molecular formula is C13H14ClNO4. The minimum absolute atomic E-state index is 0.354. The lowest BCUT2D eigenvalue weighted by molar-refractivity contribution is -0.131. The van der Waals surface area contributed by atoms with Gasteiger partial charge in [0.05, 0.1) is 0 Å². The Hall–Kier alpha value is -2.01. The fourth-order valence-corrected chi connectivity index (χ4v) is 1.59. The number of primary amides is 1. The first-order chi connectivity index (χ1) is 8.93. The molecule has 0 saturated heterocycles. The van der Waals surface area contributed by atoms with Crippen LogP contribution < -0.4 is 10.5 Å². The molecule has 0 radical (unpaired) electrons. The third kappa shape index (κ3) is 4.63. The van der Waals surface area contributed by atoms with E-state index < -0.39 is 18.0 Å². The maximum Gasteiger partial charge on any atom is 0.328 e. The van der Waals surface area contributed by atoms with E-state index >= 15 is 0 Å². The summed E-state index contributed by atoms with van der Waals surface area (Å²) in [5.41, 5.74) is 5.66. The van der Waals surface area contributed by atoms with Gasteiger partial charge in [0, 0.05) is 16.7 Å². The van der Waals surface area contributed by atoms with Crippen LogP contribution in [0.2, 0.25) is 5.02 Å². The van der Waals surface area contributed by atoms with Crippen molar-refractivity contribution in [1.82, 2.24) is 0 Å². The van der Waals surface area contributed by atoms with Crippen LogP contribution >= 0.6 is 11.6 Å². The Morgan fingerprint density at radius 3 is 2.74 bits per heavy atom. The second kappa shape index (κ2) is 6.80. The lowest BCUT2D eigenvalue weighted by atomic mass is 10.1. The highest BCUT2D eigenvalue weighted by Crippen LogP contribution is 2.25. The zero-order valence-electron chi connectivity index (χ0n) is 10.3. The van der Waals surface area contributed by atoms with Gasteiger partial charge in [0.15, 0.2) is 6.10 Å². The Bertz CT molecular complexity index is 513. The molecule has 0 fully saturated rings. The monoisotopic (exact) mass is 283 g/mol. The smallest absolute Gasteiger partial charge is 0.328 e. The minimum Gasteiger partial charge on any atom is -0.480 e. The molecule has 1 atom stereocenters. The van der Waals surface area contributed by atoms with Crippen LogP contribution in [-0.2, 0) is 9.59 Å². The van der Waals surface area contributed by atoms with Gasteiger partial charge in [-0.3, -0.25) is 4.79 Å². The Morgan fingerprint density at radius 2 is 2.21 bits per heavy atom. The van der Waals surface area contributed by atoms with E-state index in [0.717, 1.165) is 6.08 Å². The number of nitrogens with two attached hydrogens (primary N) is 1. The van der Waals surface area contributed by atoms with Crippen LogP contribution in [0.5, 0.6) is 5.75 Å². The summed E-state index contributed by atoms with van der Waals surface area (Å²) in [5, 5.41) is 9.05. The number of carbonyl (C=O) groups excluding carboxylic acids is 1. The van der Waals surface area contributed by atoms with E-state index in [1.165, 1.54) is 6.08 Å². The van der Waals surface area contributed by atoms with E-state index in [-0.39, 0.29) is 0 Å². The van der Waals surface area contributed by atoms with Crippen molar-refractivity contribution < 1.29 is 19.4 Å². The molecule has 5 nitrogen and oxygen atoms in total. The number of ether oxygens (including phenoxy) is 1. The van der Waals surface area contributed by atoms with Gasteiger partial charge in [0.2, 0.25) is 0 Å². The average molecular weight is 284 g/mol. The van der Waals surface area contributed by atoms with E-state index in [1.807, 2.05) is 0 Å². The van der Waals surface area contributed by atoms with Crippen molar-refractivity contribution in [2.45, 2.75) is 19.4 Å². The van der Waals surface area contributed by atoms with Crippen LogP contribution in [0.1, 0.15) is 18.9 Å². The Kier molecular flexibility index (Phi) is 5.38. The predicted molar refractivity (Wildman–Crippen MR) is 72.0 cm³/mol. The molecule has 0 saturated carbocycles. The van der Waals surface area contributed by atoms with Crippen molar-refractivity contribution >= 4 is 29.6 Å². The van der Waals surface area contributed by atoms with Crippen molar-refractivity contribution in [3.05, 3.63) is 34.9 Å². The third-order valence-electron chi connectivity index (χ3n) is 2.33. The second-order valence-corrected chi connectivity index (χ2v) is 4.21. The fraction of sp³-hybridized carbons (Fsp3) is 0.231. The number of hydrogen-bond donors (Lipinski definition) is 2. The highest BCUT2D eigenvalue weighted by atomic mass is 35.5. The number of carboxylic acid groups (broad SMARTS) is 1. The van der Waals surface area contributed by atoms with Crippen LogP contribution in [0.15, 0.2) is 24.3 Å². The molecular weight excluding hydrogens is 270 g/mol. The number of halogens is 1. The molecule has 1 amide bonds. The zero-order chi connectivity index (χ0) is 14.4. The normalized spacial score (nSPS) is 12.3. The first-order valence-corrected chi connectivity index (χ1v) is 5.98. The fourth-order valence-electron chi connectivity index (χ4n) is 1.41. The average Bonchev–Trinajstić information content (AvgIpc) is 2.34. The number of benzene rings is 1. The van der Waals surface area contributed by atoms with Crippen LogP contribution in [0, 0.1) is 0 Å². The molecule has 3 N–H and O–H groups in total. The molecule has 0 aliphatic carbocycles.